The Labute approximate surface area is 67.9 Å². The molecule has 0 N–H and O–H groups in total. The molecule has 1 saturated carbocycles. The van der Waals surface area contributed by atoms with Crippen LogP contribution in [0.1, 0.15) is 39.5 Å². The molecule has 0 aromatic rings. The molecule has 11 heavy (non-hydrogen) atoms. The first kappa shape index (κ1) is 8.57. The largest absolute Gasteiger partial charge is 0.462 e. The second-order valence-corrected chi connectivity index (χ2v) is 2.92. The summed E-state index contributed by atoms with van der Waals surface area (Å²) in [6.07, 6.45) is 4.63. The molecule has 2 fully saturated rings. The average molecular weight is 156 g/mol. The predicted octanol–water partition coefficient (Wildman–Crippen LogP) is 2.13. The van der Waals surface area contributed by atoms with Gasteiger partial charge in [-0.1, -0.05) is 13.8 Å². The van der Waals surface area contributed by atoms with Crippen molar-refractivity contribution < 1.29 is 9.53 Å². The summed E-state index contributed by atoms with van der Waals surface area (Å²) in [5.74, 6) is 0.321. The normalized spacial score (nSPS) is 33.8. The van der Waals surface area contributed by atoms with Crippen LogP contribution in [0.2, 0.25) is 0 Å². The quantitative estimate of drug-likeness (QED) is 0.502. The van der Waals surface area contributed by atoms with Crippen LogP contribution < -0.4 is 0 Å². The monoisotopic (exact) mass is 156 g/mol. The van der Waals surface area contributed by atoms with Crippen LogP contribution >= 0.6 is 0 Å². The highest BCUT2D eigenvalue weighted by atomic mass is 16.6. The third-order valence-corrected chi connectivity index (χ3v) is 2.24. The summed E-state index contributed by atoms with van der Waals surface area (Å²) in [6, 6.07) is 0. The molecule has 0 radical (unpaired) electrons. The van der Waals surface area contributed by atoms with Gasteiger partial charge in [-0.3, -0.25) is 4.79 Å². The van der Waals surface area contributed by atoms with Crippen LogP contribution in [-0.2, 0) is 9.53 Å². The smallest absolute Gasteiger partial charge is 0.309 e. The van der Waals surface area contributed by atoms with Gasteiger partial charge in [-0.05, 0) is 25.7 Å². The van der Waals surface area contributed by atoms with Gasteiger partial charge in [-0.2, -0.15) is 0 Å². The maximum Gasteiger partial charge on any atom is 0.309 e. The summed E-state index contributed by atoms with van der Waals surface area (Å²) in [6.45, 7) is 4.00. The van der Waals surface area contributed by atoms with E-state index in [9.17, 15) is 4.79 Å². The molecule has 1 saturated heterocycles. The van der Waals surface area contributed by atoms with E-state index < -0.39 is 0 Å². The van der Waals surface area contributed by atoms with Crippen LogP contribution in [0, 0.1) is 5.92 Å². The molecular weight excluding hydrogens is 140 g/mol. The Balaban J connectivity index is 0.000000281. The van der Waals surface area contributed by atoms with Crippen molar-refractivity contribution in [2.75, 3.05) is 0 Å². The molecule has 0 amide bonds. The molecule has 2 heteroatoms. The Bertz CT molecular complexity index is 142. The van der Waals surface area contributed by atoms with E-state index in [0.717, 1.165) is 19.3 Å². The molecule has 2 aliphatic rings. The predicted molar refractivity (Wildman–Crippen MR) is 43.2 cm³/mol. The van der Waals surface area contributed by atoms with Gasteiger partial charge in [0.05, 0.1) is 5.92 Å². The molecule has 0 unspecified atom stereocenters. The van der Waals surface area contributed by atoms with E-state index in [-0.39, 0.29) is 18.0 Å². The Kier molecular flexibility index (Phi) is 2.92. The van der Waals surface area contributed by atoms with Gasteiger partial charge in [0.25, 0.3) is 0 Å². The molecule has 1 aliphatic heterocycles. The minimum atomic E-state index is 0.0532. The fraction of sp³-hybridized carbons (Fsp3) is 0.889. The lowest BCUT2D eigenvalue weighted by atomic mass is 9.90. The van der Waals surface area contributed by atoms with Crippen LogP contribution in [0.15, 0.2) is 0 Å². The summed E-state index contributed by atoms with van der Waals surface area (Å²) in [5.41, 5.74) is 0. The number of hydrogen-bond acceptors (Lipinski definition) is 2. The molecule has 2 nitrogen and oxygen atoms in total. The maximum absolute atomic E-state index is 10.8. The van der Waals surface area contributed by atoms with Gasteiger partial charge in [-0.15, -0.1) is 0 Å². The Morgan fingerprint density at radius 2 is 2.09 bits per heavy atom. The fourth-order valence-electron chi connectivity index (χ4n) is 1.73. The molecule has 0 spiro atoms. The number of ether oxygens (including phenoxy) is 1. The number of fused-ring (bicyclic) bond motifs is 2. The van der Waals surface area contributed by atoms with Gasteiger partial charge < -0.3 is 4.74 Å². The highest BCUT2D eigenvalue weighted by molar-refractivity contribution is 5.74. The average Bonchev–Trinajstić information content (AvgIpc) is 2.31. The minimum absolute atomic E-state index is 0.0532. The van der Waals surface area contributed by atoms with Gasteiger partial charge in [0.2, 0.25) is 0 Å². The Morgan fingerprint density at radius 3 is 2.64 bits per heavy atom. The Morgan fingerprint density at radius 1 is 1.36 bits per heavy atom. The first-order valence-electron chi connectivity index (χ1n) is 4.57. The third-order valence-electron chi connectivity index (χ3n) is 2.24. The van der Waals surface area contributed by atoms with Crippen LogP contribution in [0.5, 0.6) is 0 Å². The second-order valence-electron chi connectivity index (χ2n) is 2.92. The van der Waals surface area contributed by atoms with E-state index >= 15 is 0 Å². The van der Waals surface area contributed by atoms with Crippen molar-refractivity contribution in [1.82, 2.24) is 0 Å². The number of hydrogen-bond donors (Lipinski definition) is 0. The van der Waals surface area contributed by atoms with Gasteiger partial charge in [-0.25, -0.2) is 0 Å². The SMILES string of the molecule is CC.O=C1O[C@H]2CCC[C@@H]1C2. The van der Waals surface area contributed by atoms with E-state index in [4.69, 9.17) is 4.74 Å². The number of carbonyl (C=O) groups is 1. The van der Waals surface area contributed by atoms with Crippen molar-refractivity contribution >= 4 is 5.97 Å². The third kappa shape index (κ3) is 1.73. The molecular formula is C9H16O2. The summed E-state index contributed by atoms with van der Waals surface area (Å²) in [5, 5.41) is 0. The van der Waals surface area contributed by atoms with Crippen LogP contribution in [0.4, 0.5) is 0 Å². The number of esters is 1. The van der Waals surface area contributed by atoms with E-state index in [0.29, 0.717) is 0 Å². The zero-order chi connectivity index (χ0) is 8.27. The summed E-state index contributed by atoms with van der Waals surface area (Å²) < 4.78 is 5.05. The number of carbonyl (C=O) groups excluding carboxylic acids is 1. The van der Waals surface area contributed by atoms with Crippen molar-refractivity contribution in [1.29, 1.82) is 0 Å². The van der Waals surface area contributed by atoms with Crippen LogP contribution in [0.3, 0.4) is 0 Å². The molecule has 2 rings (SSSR count). The molecule has 64 valence electrons. The lowest BCUT2D eigenvalue weighted by Crippen LogP contribution is -2.10. The van der Waals surface area contributed by atoms with Gasteiger partial charge in [0.15, 0.2) is 0 Å². The lowest BCUT2D eigenvalue weighted by molar-refractivity contribution is -0.143. The van der Waals surface area contributed by atoms with Gasteiger partial charge >= 0.3 is 5.97 Å². The van der Waals surface area contributed by atoms with E-state index in [1.54, 1.807) is 0 Å². The second kappa shape index (κ2) is 3.74. The molecule has 1 aliphatic carbocycles. The summed E-state index contributed by atoms with van der Waals surface area (Å²) in [7, 11) is 0. The van der Waals surface area contributed by atoms with E-state index in [1.165, 1.54) is 6.42 Å². The molecule has 1 heterocycles. The minimum Gasteiger partial charge on any atom is -0.462 e. The van der Waals surface area contributed by atoms with Gasteiger partial charge in [0.1, 0.15) is 6.10 Å². The number of rotatable bonds is 0. The Hall–Kier alpha value is -0.530. The van der Waals surface area contributed by atoms with Crippen molar-refractivity contribution in [2.45, 2.75) is 45.6 Å². The van der Waals surface area contributed by atoms with Crippen molar-refractivity contribution in [2.24, 2.45) is 5.92 Å². The molecule has 2 bridgehead atoms. The zero-order valence-electron chi connectivity index (χ0n) is 7.30. The molecule has 0 aromatic carbocycles. The van der Waals surface area contributed by atoms with Crippen molar-refractivity contribution in [3.05, 3.63) is 0 Å². The van der Waals surface area contributed by atoms with Crippen molar-refractivity contribution in [3.8, 4) is 0 Å². The van der Waals surface area contributed by atoms with E-state index in [1.807, 2.05) is 13.8 Å². The highest BCUT2D eigenvalue weighted by Gasteiger charge is 2.37. The molecule has 0 aromatic heterocycles. The van der Waals surface area contributed by atoms with E-state index in [2.05, 4.69) is 0 Å². The first-order chi connectivity index (χ1) is 5.36. The zero-order valence-corrected chi connectivity index (χ0v) is 7.30. The standard InChI is InChI=1S/C7H10O2.C2H6/c8-7-5-2-1-3-6(4-5)9-7;1-2/h5-6H,1-4H2;1-2H3/t5-,6+;/m1./s1. The first-order valence-corrected chi connectivity index (χ1v) is 4.57. The van der Waals surface area contributed by atoms with Crippen molar-refractivity contribution in [3.63, 3.8) is 0 Å². The molecule has 2 atom stereocenters. The summed E-state index contributed by atoms with van der Waals surface area (Å²) in [4.78, 5) is 10.8. The maximum atomic E-state index is 10.8. The topological polar surface area (TPSA) is 26.3 Å². The van der Waals surface area contributed by atoms with Crippen LogP contribution in [-0.4, -0.2) is 12.1 Å². The fourth-order valence-corrected chi connectivity index (χ4v) is 1.73. The highest BCUT2D eigenvalue weighted by Crippen LogP contribution is 2.33. The van der Waals surface area contributed by atoms with Crippen LogP contribution in [0.25, 0.3) is 0 Å². The van der Waals surface area contributed by atoms with Gasteiger partial charge in [0, 0.05) is 0 Å². The lowest BCUT2D eigenvalue weighted by Gasteiger charge is -2.12. The summed E-state index contributed by atoms with van der Waals surface area (Å²) >= 11 is 0.